The molecule has 1 aliphatic carbocycles. The zero-order valence-electron chi connectivity index (χ0n) is 5.72. The molecule has 0 atom stereocenters. The van der Waals surface area contributed by atoms with E-state index >= 15 is 0 Å². The van der Waals surface area contributed by atoms with Gasteiger partial charge in [0.15, 0.2) is 0 Å². The number of hydrogen-bond acceptors (Lipinski definition) is 3. The monoisotopic (exact) mass is 143 g/mol. The third-order valence-corrected chi connectivity index (χ3v) is 1.66. The van der Waals surface area contributed by atoms with E-state index in [9.17, 15) is 9.59 Å². The Hall–Kier alpha value is -1.06. The van der Waals surface area contributed by atoms with Crippen molar-refractivity contribution in [2.24, 2.45) is 0 Å². The van der Waals surface area contributed by atoms with E-state index in [0.717, 1.165) is 0 Å². The first-order valence-electron chi connectivity index (χ1n) is 3.05. The molecule has 1 rings (SSSR count). The number of esters is 1. The zero-order chi connectivity index (χ0) is 7.61. The lowest BCUT2D eigenvalue weighted by Crippen LogP contribution is -2.39. The van der Waals surface area contributed by atoms with Gasteiger partial charge in [-0.3, -0.25) is 4.79 Å². The average molecular weight is 143 g/mol. The van der Waals surface area contributed by atoms with Crippen molar-refractivity contribution in [1.29, 1.82) is 0 Å². The second-order valence-electron chi connectivity index (χ2n) is 2.34. The van der Waals surface area contributed by atoms with E-state index in [1.165, 1.54) is 7.11 Å². The predicted octanol–water partition coefficient (Wildman–Crippen LogP) is -0.562. The van der Waals surface area contributed by atoms with Gasteiger partial charge in [-0.2, -0.15) is 0 Å². The van der Waals surface area contributed by atoms with Crippen LogP contribution in [0.4, 0.5) is 0 Å². The average Bonchev–Trinajstić information content (AvgIpc) is 2.69. The van der Waals surface area contributed by atoms with Gasteiger partial charge in [0.25, 0.3) is 0 Å². The van der Waals surface area contributed by atoms with E-state index < -0.39 is 5.54 Å². The predicted molar refractivity (Wildman–Crippen MR) is 33.2 cm³/mol. The maximum absolute atomic E-state index is 10.8. The fraction of sp³-hybridized carbons (Fsp3) is 0.667. The first-order chi connectivity index (χ1) is 4.75. The summed E-state index contributed by atoms with van der Waals surface area (Å²) < 4.78 is 4.47. The smallest absolute Gasteiger partial charge is 0.331 e. The Balaban J connectivity index is 2.51. The van der Waals surface area contributed by atoms with Crippen molar-refractivity contribution in [3.8, 4) is 0 Å². The summed E-state index contributed by atoms with van der Waals surface area (Å²) in [4.78, 5) is 20.8. The van der Waals surface area contributed by atoms with Crippen LogP contribution >= 0.6 is 0 Å². The van der Waals surface area contributed by atoms with Crippen LogP contribution in [0.2, 0.25) is 0 Å². The summed E-state index contributed by atoms with van der Waals surface area (Å²) in [6.45, 7) is 0. The van der Waals surface area contributed by atoms with Crippen molar-refractivity contribution in [3.63, 3.8) is 0 Å². The van der Waals surface area contributed by atoms with Crippen molar-refractivity contribution < 1.29 is 14.3 Å². The molecule has 0 bridgehead atoms. The van der Waals surface area contributed by atoms with E-state index in [2.05, 4.69) is 10.1 Å². The van der Waals surface area contributed by atoms with Crippen LogP contribution in [0, 0.1) is 0 Å². The lowest BCUT2D eigenvalue weighted by atomic mass is 10.3. The molecular weight excluding hydrogens is 134 g/mol. The third-order valence-electron chi connectivity index (χ3n) is 1.66. The molecule has 1 aliphatic rings. The molecule has 0 spiro atoms. The van der Waals surface area contributed by atoms with Gasteiger partial charge in [-0.15, -0.1) is 0 Å². The molecule has 0 heterocycles. The molecule has 1 amide bonds. The summed E-state index contributed by atoms with van der Waals surface area (Å²) in [6.07, 6.45) is 1.92. The highest BCUT2D eigenvalue weighted by Gasteiger charge is 2.51. The van der Waals surface area contributed by atoms with E-state index in [0.29, 0.717) is 19.3 Å². The highest BCUT2D eigenvalue weighted by molar-refractivity contribution is 5.86. The highest BCUT2D eigenvalue weighted by atomic mass is 16.5. The Kier molecular flexibility index (Phi) is 1.61. The highest BCUT2D eigenvalue weighted by Crippen LogP contribution is 2.35. The Morgan fingerprint density at radius 3 is 2.60 bits per heavy atom. The number of rotatable bonds is 3. The van der Waals surface area contributed by atoms with Crippen molar-refractivity contribution in [2.45, 2.75) is 18.4 Å². The summed E-state index contributed by atoms with van der Waals surface area (Å²) in [6, 6.07) is 0. The minimum Gasteiger partial charge on any atom is -0.467 e. The molecule has 0 unspecified atom stereocenters. The molecule has 1 fully saturated rings. The van der Waals surface area contributed by atoms with Gasteiger partial charge in [0.2, 0.25) is 6.41 Å². The molecule has 0 aromatic rings. The Morgan fingerprint density at radius 1 is 1.70 bits per heavy atom. The standard InChI is InChI=1S/C6H9NO3/c1-10-5(9)6(2-3-6)7-4-8/h4H,2-3H2,1H3,(H,7,8). The van der Waals surface area contributed by atoms with Gasteiger partial charge in [-0.25, -0.2) is 4.79 Å². The fourth-order valence-electron chi connectivity index (χ4n) is 0.841. The van der Waals surface area contributed by atoms with Gasteiger partial charge in [0, 0.05) is 0 Å². The first-order valence-corrected chi connectivity index (χ1v) is 3.05. The maximum Gasteiger partial charge on any atom is 0.331 e. The summed E-state index contributed by atoms with van der Waals surface area (Å²) in [5.41, 5.74) is -0.670. The molecule has 1 saturated carbocycles. The molecule has 0 radical (unpaired) electrons. The first kappa shape index (κ1) is 7.05. The SMILES string of the molecule is COC(=O)C1(NC=O)CC1. The topological polar surface area (TPSA) is 55.4 Å². The molecule has 1 N–H and O–H groups in total. The Morgan fingerprint density at radius 2 is 2.30 bits per heavy atom. The second-order valence-corrected chi connectivity index (χ2v) is 2.34. The number of methoxy groups -OCH3 is 1. The van der Waals surface area contributed by atoms with Crippen LogP contribution in [0.3, 0.4) is 0 Å². The van der Waals surface area contributed by atoms with Gasteiger partial charge in [-0.1, -0.05) is 0 Å². The number of amides is 1. The van der Waals surface area contributed by atoms with E-state index in [4.69, 9.17) is 0 Å². The number of carbonyl (C=O) groups is 2. The maximum atomic E-state index is 10.8. The molecule has 4 nitrogen and oxygen atoms in total. The zero-order valence-corrected chi connectivity index (χ0v) is 5.72. The molecule has 10 heavy (non-hydrogen) atoms. The van der Waals surface area contributed by atoms with Crippen molar-refractivity contribution in [3.05, 3.63) is 0 Å². The number of hydrogen-bond donors (Lipinski definition) is 1. The van der Waals surface area contributed by atoms with Crippen LogP contribution in [0.15, 0.2) is 0 Å². The Labute approximate surface area is 58.5 Å². The van der Waals surface area contributed by atoms with E-state index in [1.807, 2.05) is 0 Å². The summed E-state index contributed by atoms with van der Waals surface area (Å²) in [5, 5.41) is 2.43. The third kappa shape index (κ3) is 0.964. The van der Waals surface area contributed by atoms with Gasteiger partial charge in [0.05, 0.1) is 7.11 Å². The van der Waals surface area contributed by atoms with Gasteiger partial charge >= 0.3 is 5.97 Å². The van der Waals surface area contributed by atoms with Crippen LogP contribution < -0.4 is 5.32 Å². The van der Waals surface area contributed by atoms with Gasteiger partial charge < -0.3 is 10.1 Å². The minimum absolute atomic E-state index is 0.348. The largest absolute Gasteiger partial charge is 0.467 e. The van der Waals surface area contributed by atoms with Gasteiger partial charge in [-0.05, 0) is 12.8 Å². The van der Waals surface area contributed by atoms with Crippen LogP contribution in [0.1, 0.15) is 12.8 Å². The van der Waals surface area contributed by atoms with Crippen LogP contribution in [-0.2, 0) is 14.3 Å². The summed E-state index contributed by atoms with van der Waals surface area (Å²) in [7, 11) is 1.31. The lowest BCUT2D eigenvalue weighted by Gasteiger charge is -2.09. The molecule has 0 aliphatic heterocycles. The molecule has 0 aromatic carbocycles. The molecule has 4 heteroatoms. The van der Waals surface area contributed by atoms with Crippen LogP contribution in [-0.4, -0.2) is 25.0 Å². The number of carbonyl (C=O) groups excluding carboxylic acids is 2. The number of ether oxygens (including phenoxy) is 1. The van der Waals surface area contributed by atoms with Crippen molar-refractivity contribution in [1.82, 2.24) is 5.32 Å². The minimum atomic E-state index is -0.670. The molecule has 0 saturated heterocycles. The summed E-state index contributed by atoms with van der Waals surface area (Å²) >= 11 is 0. The van der Waals surface area contributed by atoms with E-state index in [1.54, 1.807) is 0 Å². The fourth-order valence-corrected chi connectivity index (χ4v) is 0.841. The summed E-state index contributed by atoms with van der Waals surface area (Å²) in [5.74, 6) is -0.348. The van der Waals surface area contributed by atoms with Crippen LogP contribution in [0.5, 0.6) is 0 Å². The van der Waals surface area contributed by atoms with Gasteiger partial charge in [0.1, 0.15) is 5.54 Å². The normalized spacial score (nSPS) is 19.3. The quantitative estimate of drug-likeness (QED) is 0.425. The number of nitrogens with one attached hydrogen (secondary N) is 1. The second kappa shape index (κ2) is 2.28. The van der Waals surface area contributed by atoms with Crippen molar-refractivity contribution in [2.75, 3.05) is 7.11 Å². The molecule has 56 valence electrons. The Bertz CT molecular complexity index is 162. The van der Waals surface area contributed by atoms with Crippen LogP contribution in [0.25, 0.3) is 0 Å². The van der Waals surface area contributed by atoms with Crippen molar-refractivity contribution >= 4 is 12.4 Å². The lowest BCUT2D eigenvalue weighted by molar-refractivity contribution is -0.145. The molecule has 0 aromatic heterocycles. The van der Waals surface area contributed by atoms with E-state index in [-0.39, 0.29) is 5.97 Å². The molecular formula is C6H9NO3.